The molecule has 1 aliphatic heterocycles. The highest BCUT2D eigenvalue weighted by molar-refractivity contribution is 6.69. The van der Waals surface area contributed by atoms with Gasteiger partial charge >= 0.3 is 0 Å². The van der Waals surface area contributed by atoms with Gasteiger partial charge in [-0.3, -0.25) is 4.98 Å². The normalized spacial score (nSPS) is 17.3. The average Bonchev–Trinajstić information content (AvgIpc) is 2.48. The van der Waals surface area contributed by atoms with Crippen molar-refractivity contribution in [3.8, 4) is 0 Å². The summed E-state index contributed by atoms with van der Waals surface area (Å²) in [5, 5.41) is 11.9. The van der Waals surface area contributed by atoms with Crippen LogP contribution in [-0.2, 0) is 6.42 Å². The molecule has 4 nitrogen and oxygen atoms in total. The molecule has 0 aromatic carbocycles. The van der Waals surface area contributed by atoms with Crippen LogP contribution < -0.4 is 0 Å². The zero-order valence-corrected chi connectivity index (χ0v) is 15.3. The van der Waals surface area contributed by atoms with E-state index in [2.05, 4.69) is 15.0 Å². The molecule has 0 aliphatic carbocycles. The first-order valence-electron chi connectivity index (χ1n) is 6.89. The molecular weight excluding hydrogens is 368 g/mol. The van der Waals surface area contributed by atoms with Gasteiger partial charge in [-0.25, -0.2) is 0 Å². The third-order valence-electron chi connectivity index (χ3n) is 3.52. The van der Waals surface area contributed by atoms with E-state index >= 15 is 0 Å². The van der Waals surface area contributed by atoms with Gasteiger partial charge in [-0.1, -0.05) is 23.2 Å². The lowest BCUT2D eigenvalue weighted by atomic mass is 10.1. The van der Waals surface area contributed by atoms with E-state index in [1.165, 1.54) is 19.3 Å². The fraction of sp³-hybridized carbons (Fsp3) is 0.571. The highest BCUT2D eigenvalue weighted by atomic mass is 35.5. The SMILES string of the molecule is Cl.Cl.ON=C(Cl)c1cccnc1CC(Cl)CN1CCCCC1. The monoisotopic (exact) mass is 387 g/mol. The lowest BCUT2D eigenvalue weighted by Gasteiger charge is -2.28. The van der Waals surface area contributed by atoms with Crippen LogP contribution in [0.2, 0.25) is 0 Å². The predicted molar refractivity (Wildman–Crippen MR) is 96.5 cm³/mol. The Balaban J connectivity index is 0.00000220. The van der Waals surface area contributed by atoms with Gasteiger partial charge in [-0.2, -0.15) is 0 Å². The number of hydrogen-bond donors (Lipinski definition) is 1. The average molecular weight is 389 g/mol. The van der Waals surface area contributed by atoms with Crippen LogP contribution in [0, 0.1) is 0 Å². The van der Waals surface area contributed by atoms with Crippen LogP contribution in [-0.4, -0.2) is 45.3 Å². The Kier molecular flexibility index (Phi) is 11.2. The Labute approximate surface area is 153 Å². The third kappa shape index (κ3) is 6.47. The summed E-state index contributed by atoms with van der Waals surface area (Å²) in [6.45, 7) is 3.10. The molecule has 0 amide bonds. The van der Waals surface area contributed by atoms with Crippen molar-refractivity contribution in [2.45, 2.75) is 31.1 Å². The predicted octanol–water partition coefficient (Wildman–Crippen LogP) is 3.94. The first-order chi connectivity index (χ1) is 9.70. The lowest BCUT2D eigenvalue weighted by Crippen LogP contribution is -2.35. The van der Waals surface area contributed by atoms with Gasteiger partial charge in [0.15, 0.2) is 5.17 Å². The second-order valence-corrected chi connectivity index (χ2v) is 6.03. The number of likely N-dealkylation sites (tertiary alicyclic amines) is 1. The molecule has 126 valence electrons. The molecule has 0 bridgehead atoms. The highest BCUT2D eigenvalue weighted by Crippen LogP contribution is 2.17. The number of aromatic nitrogens is 1. The first kappa shape index (κ1) is 21.7. The van der Waals surface area contributed by atoms with Crippen molar-refractivity contribution in [3.63, 3.8) is 0 Å². The van der Waals surface area contributed by atoms with Gasteiger partial charge < -0.3 is 10.1 Å². The van der Waals surface area contributed by atoms with Crippen molar-refractivity contribution in [3.05, 3.63) is 29.6 Å². The minimum absolute atomic E-state index is 0. The van der Waals surface area contributed by atoms with Crippen molar-refractivity contribution < 1.29 is 5.21 Å². The van der Waals surface area contributed by atoms with Gasteiger partial charge in [0.2, 0.25) is 0 Å². The van der Waals surface area contributed by atoms with Gasteiger partial charge in [0.1, 0.15) is 0 Å². The largest absolute Gasteiger partial charge is 0.410 e. The number of pyridine rings is 1. The number of hydrogen-bond acceptors (Lipinski definition) is 4. The summed E-state index contributed by atoms with van der Waals surface area (Å²) in [6.07, 6.45) is 6.13. The van der Waals surface area contributed by atoms with Gasteiger partial charge in [0, 0.05) is 24.7 Å². The summed E-state index contributed by atoms with van der Waals surface area (Å²) in [4.78, 5) is 6.70. The Hall–Kier alpha value is -0.260. The molecule has 0 radical (unpaired) electrons. The Morgan fingerprint density at radius 3 is 2.64 bits per heavy atom. The molecule has 8 heteroatoms. The van der Waals surface area contributed by atoms with Gasteiger partial charge in [-0.15, -0.1) is 36.4 Å². The maximum atomic E-state index is 8.79. The van der Waals surface area contributed by atoms with Crippen molar-refractivity contribution >= 4 is 53.2 Å². The van der Waals surface area contributed by atoms with Crippen molar-refractivity contribution in [1.82, 2.24) is 9.88 Å². The third-order valence-corrected chi connectivity index (χ3v) is 4.09. The number of oxime groups is 1. The maximum absolute atomic E-state index is 8.79. The van der Waals surface area contributed by atoms with Crippen LogP contribution in [0.3, 0.4) is 0 Å². The summed E-state index contributed by atoms with van der Waals surface area (Å²) in [5.41, 5.74) is 1.41. The summed E-state index contributed by atoms with van der Waals surface area (Å²) in [6, 6.07) is 3.55. The summed E-state index contributed by atoms with van der Waals surface area (Å²) in [5.74, 6) is 0. The fourth-order valence-corrected chi connectivity index (χ4v) is 3.05. The van der Waals surface area contributed by atoms with Crippen molar-refractivity contribution in [1.29, 1.82) is 0 Å². The van der Waals surface area contributed by atoms with Gasteiger partial charge in [-0.05, 0) is 38.1 Å². The molecular formula is C14H21Cl4N3O. The van der Waals surface area contributed by atoms with Crippen LogP contribution in [0.25, 0.3) is 0 Å². The van der Waals surface area contributed by atoms with E-state index in [1.807, 2.05) is 0 Å². The number of rotatable bonds is 5. The number of halogens is 4. The van der Waals surface area contributed by atoms with Crippen LogP contribution in [0.4, 0.5) is 0 Å². The standard InChI is InChI=1S/C14H19Cl2N3O.2ClH/c15-11(10-19-7-2-1-3-8-19)9-13-12(14(16)18-20)5-4-6-17-13;;/h4-6,11,20H,1-3,7-10H2;2*1H. The van der Waals surface area contributed by atoms with Gasteiger partial charge in [0.05, 0.1) is 11.1 Å². The van der Waals surface area contributed by atoms with E-state index in [0.717, 1.165) is 25.3 Å². The molecule has 0 spiro atoms. The van der Waals surface area contributed by atoms with E-state index in [9.17, 15) is 0 Å². The highest BCUT2D eigenvalue weighted by Gasteiger charge is 2.18. The van der Waals surface area contributed by atoms with Crippen molar-refractivity contribution in [2.24, 2.45) is 5.16 Å². The topological polar surface area (TPSA) is 48.7 Å². The summed E-state index contributed by atoms with van der Waals surface area (Å²) in [7, 11) is 0. The molecule has 1 atom stereocenters. The maximum Gasteiger partial charge on any atom is 0.177 e. The molecule has 1 fully saturated rings. The van der Waals surface area contributed by atoms with Crippen LogP contribution >= 0.6 is 48.0 Å². The fourth-order valence-electron chi connectivity index (χ4n) is 2.54. The minimum atomic E-state index is -0.0232. The molecule has 1 aromatic rings. The molecule has 22 heavy (non-hydrogen) atoms. The number of nitrogens with zero attached hydrogens (tertiary/aromatic N) is 3. The smallest absolute Gasteiger partial charge is 0.177 e. The molecule has 1 unspecified atom stereocenters. The lowest BCUT2D eigenvalue weighted by molar-refractivity contribution is 0.228. The minimum Gasteiger partial charge on any atom is -0.410 e. The molecule has 1 aliphatic rings. The Bertz CT molecular complexity index is 467. The van der Waals surface area contributed by atoms with E-state index in [-0.39, 0.29) is 35.4 Å². The second kappa shape index (κ2) is 11.3. The number of piperidine rings is 1. The Morgan fingerprint density at radius 1 is 1.32 bits per heavy atom. The van der Waals surface area contributed by atoms with E-state index in [1.54, 1.807) is 18.3 Å². The molecule has 1 aromatic heterocycles. The zero-order valence-electron chi connectivity index (χ0n) is 12.1. The van der Waals surface area contributed by atoms with Crippen LogP contribution in [0.1, 0.15) is 30.5 Å². The Morgan fingerprint density at radius 2 is 2.00 bits per heavy atom. The molecule has 1 N–H and O–H groups in total. The second-order valence-electron chi connectivity index (χ2n) is 5.05. The van der Waals surface area contributed by atoms with E-state index in [0.29, 0.717) is 12.0 Å². The van der Waals surface area contributed by atoms with Crippen LogP contribution in [0.5, 0.6) is 0 Å². The summed E-state index contributed by atoms with van der Waals surface area (Å²) >= 11 is 12.3. The van der Waals surface area contributed by atoms with Gasteiger partial charge in [0.25, 0.3) is 0 Å². The number of alkyl halides is 1. The molecule has 2 heterocycles. The zero-order chi connectivity index (χ0) is 14.4. The summed E-state index contributed by atoms with van der Waals surface area (Å²) < 4.78 is 0. The molecule has 0 saturated carbocycles. The molecule has 2 rings (SSSR count). The quantitative estimate of drug-likeness (QED) is 0.359. The molecule has 1 saturated heterocycles. The first-order valence-corrected chi connectivity index (χ1v) is 7.70. The van der Waals surface area contributed by atoms with Crippen LogP contribution in [0.15, 0.2) is 23.5 Å². The van der Waals surface area contributed by atoms with E-state index in [4.69, 9.17) is 28.4 Å². The van der Waals surface area contributed by atoms with E-state index < -0.39 is 0 Å². The van der Waals surface area contributed by atoms with Crippen molar-refractivity contribution in [2.75, 3.05) is 19.6 Å².